The van der Waals surface area contributed by atoms with Gasteiger partial charge in [-0.05, 0) is 23.4 Å². The standard InChI is InChI=1S/C16H23F3N2OS.ClH/c1-15(2,11-22)14(21-9-7-20-8-10-21)12-5-3-4-6-13(12)23-16(17,18)19;/h3-6,14,20,22H,7-11H2,1-2H3;1H/t14-;/m0./s1. The Morgan fingerprint density at radius 2 is 1.79 bits per heavy atom. The Bertz CT molecular complexity index is 522. The Balaban J connectivity index is 0.00000288. The van der Waals surface area contributed by atoms with Crippen LogP contribution >= 0.6 is 24.2 Å². The molecule has 8 heteroatoms. The smallest absolute Gasteiger partial charge is 0.396 e. The van der Waals surface area contributed by atoms with Gasteiger partial charge in [0.2, 0.25) is 0 Å². The first-order valence-corrected chi connectivity index (χ1v) is 8.46. The van der Waals surface area contributed by atoms with E-state index in [1.807, 2.05) is 13.8 Å². The molecule has 0 aliphatic carbocycles. The molecule has 24 heavy (non-hydrogen) atoms. The van der Waals surface area contributed by atoms with E-state index in [0.717, 1.165) is 26.2 Å². The zero-order chi connectivity index (χ0) is 17.1. The van der Waals surface area contributed by atoms with Crippen molar-refractivity contribution in [3.05, 3.63) is 29.8 Å². The van der Waals surface area contributed by atoms with Gasteiger partial charge in [-0.1, -0.05) is 32.0 Å². The van der Waals surface area contributed by atoms with Gasteiger partial charge in [0.15, 0.2) is 0 Å². The number of alkyl halides is 3. The first kappa shape index (κ1) is 21.6. The molecule has 3 nitrogen and oxygen atoms in total. The lowest BCUT2D eigenvalue weighted by atomic mass is 9.79. The average Bonchev–Trinajstić information content (AvgIpc) is 2.49. The van der Waals surface area contributed by atoms with E-state index < -0.39 is 10.9 Å². The highest BCUT2D eigenvalue weighted by Crippen LogP contribution is 2.45. The van der Waals surface area contributed by atoms with Gasteiger partial charge >= 0.3 is 5.51 Å². The number of aliphatic hydroxyl groups excluding tert-OH is 1. The maximum absolute atomic E-state index is 12.9. The number of rotatable bonds is 5. The second-order valence-corrected chi connectivity index (χ2v) is 7.53. The maximum atomic E-state index is 12.9. The van der Waals surface area contributed by atoms with Crippen LogP contribution in [0.1, 0.15) is 25.5 Å². The second kappa shape index (κ2) is 8.76. The van der Waals surface area contributed by atoms with E-state index in [2.05, 4.69) is 10.2 Å². The summed E-state index contributed by atoms with van der Waals surface area (Å²) in [4.78, 5) is 2.38. The van der Waals surface area contributed by atoms with Crippen molar-refractivity contribution in [1.82, 2.24) is 10.2 Å². The molecule has 2 rings (SSSR count). The molecule has 2 N–H and O–H groups in total. The van der Waals surface area contributed by atoms with Crippen molar-refractivity contribution >= 4 is 24.2 Å². The predicted molar refractivity (Wildman–Crippen MR) is 93.7 cm³/mol. The highest BCUT2D eigenvalue weighted by molar-refractivity contribution is 8.00. The monoisotopic (exact) mass is 384 g/mol. The van der Waals surface area contributed by atoms with Crippen molar-refractivity contribution in [2.75, 3.05) is 32.8 Å². The fourth-order valence-electron chi connectivity index (χ4n) is 3.06. The summed E-state index contributed by atoms with van der Waals surface area (Å²) in [5, 5.41) is 13.1. The number of thioether (sulfide) groups is 1. The zero-order valence-corrected chi connectivity index (χ0v) is 15.4. The molecule has 0 amide bonds. The molecule has 1 atom stereocenters. The fourth-order valence-corrected chi connectivity index (χ4v) is 3.76. The lowest BCUT2D eigenvalue weighted by Gasteiger charge is -2.44. The summed E-state index contributed by atoms with van der Waals surface area (Å²) in [5.41, 5.74) is -4.23. The third-order valence-electron chi connectivity index (χ3n) is 4.10. The second-order valence-electron chi connectivity index (χ2n) is 6.42. The average molecular weight is 385 g/mol. The van der Waals surface area contributed by atoms with Gasteiger partial charge in [-0.2, -0.15) is 13.2 Å². The van der Waals surface area contributed by atoms with Crippen molar-refractivity contribution < 1.29 is 18.3 Å². The molecule has 1 heterocycles. The molecule has 0 spiro atoms. The summed E-state index contributed by atoms with van der Waals surface area (Å²) < 4.78 is 38.7. The summed E-state index contributed by atoms with van der Waals surface area (Å²) >= 11 is -0.0776. The van der Waals surface area contributed by atoms with E-state index >= 15 is 0 Å². The molecule has 1 fully saturated rings. The minimum atomic E-state index is -4.33. The number of piperazine rings is 1. The minimum absolute atomic E-state index is 0. The van der Waals surface area contributed by atoms with Crippen LogP contribution in [0.15, 0.2) is 29.2 Å². The van der Waals surface area contributed by atoms with E-state index in [4.69, 9.17) is 0 Å². The van der Waals surface area contributed by atoms with E-state index in [1.165, 1.54) is 6.07 Å². The Labute approximate surface area is 151 Å². The molecule has 138 valence electrons. The van der Waals surface area contributed by atoms with E-state index in [-0.39, 0.29) is 41.7 Å². The van der Waals surface area contributed by atoms with Crippen LogP contribution in [-0.2, 0) is 0 Å². The predicted octanol–water partition coefficient (Wildman–Crippen LogP) is 3.69. The molecular formula is C16H24ClF3N2OS. The SMILES string of the molecule is CC(C)(CO)[C@H](c1ccccc1SC(F)(F)F)N1CCNCC1.Cl. The van der Waals surface area contributed by atoms with Gasteiger partial charge in [0.1, 0.15) is 0 Å². The van der Waals surface area contributed by atoms with Gasteiger partial charge in [0.05, 0.1) is 0 Å². The summed E-state index contributed by atoms with van der Waals surface area (Å²) in [6, 6.07) is 6.38. The Morgan fingerprint density at radius 3 is 2.33 bits per heavy atom. The normalized spacial score (nSPS) is 18.1. The molecule has 0 bridgehead atoms. The Morgan fingerprint density at radius 1 is 1.21 bits per heavy atom. The zero-order valence-electron chi connectivity index (χ0n) is 13.8. The van der Waals surface area contributed by atoms with Crippen LogP contribution in [0.5, 0.6) is 0 Å². The Hall–Kier alpha value is -0.470. The number of nitrogens with zero attached hydrogens (tertiary/aromatic N) is 1. The molecular weight excluding hydrogens is 361 g/mol. The lowest BCUT2D eigenvalue weighted by molar-refractivity contribution is -0.0330. The van der Waals surface area contributed by atoms with Crippen molar-refractivity contribution in [2.24, 2.45) is 5.41 Å². The number of hydrogen-bond acceptors (Lipinski definition) is 4. The number of aliphatic hydroxyl groups is 1. The highest BCUT2D eigenvalue weighted by atomic mass is 35.5. The number of halogens is 4. The van der Waals surface area contributed by atoms with Crippen LogP contribution in [0.3, 0.4) is 0 Å². The van der Waals surface area contributed by atoms with Crippen molar-refractivity contribution in [3.63, 3.8) is 0 Å². The van der Waals surface area contributed by atoms with Crippen LogP contribution in [0.25, 0.3) is 0 Å². The van der Waals surface area contributed by atoms with Crippen molar-refractivity contribution in [1.29, 1.82) is 0 Å². The maximum Gasteiger partial charge on any atom is 0.446 e. The molecule has 1 aliphatic rings. The number of nitrogens with one attached hydrogen (secondary N) is 1. The molecule has 0 saturated carbocycles. The van der Waals surface area contributed by atoms with Crippen LogP contribution in [0.2, 0.25) is 0 Å². The van der Waals surface area contributed by atoms with Gasteiger partial charge in [0, 0.05) is 49.1 Å². The summed E-state index contributed by atoms with van der Waals surface area (Å²) in [5.74, 6) is 0. The van der Waals surface area contributed by atoms with E-state index in [1.54, 1.807) is 18.2 Å². The molecule has 1 aromatic carbocycles. The molecule has 0 aromatic heterocycles. The van der Waals surface area contributed by atoms with Crippen molar-refractivity contribution in [2.45, 2.75) is 30.3 Å². The summed E-state index contributed by atoms with van der Waals surface area (Å²) in [7, 11) is 0. The topological polar surface area (TPSA) is 35.5 Å². The molecule has 1 aliphatic heterocycles. The molecule has 0 radical (unpaired) electrons. The van der Waals surface area contributed by atoms with Crippen LogP contribution in [0, 0.1) is 5.41 Å². The third kappa shape index (κ3) is 5.52. The quantitative estimate of drug-likeness (QED) is 0.759. The summed E-state index contributed by atoms with van der Waals surface area (Å²) in [6.07, 6.45) is 0. The highest BCUT2D eigenvalue weighted by Gasteiger charge is 2.39. The fraction of sp³-hybridized carbons (Fsp3) is 0.625. The van der Waals surface area contributed by atoms with E-state index in [9.17, 15) is 18.3 Å². The van der Waals surface area contributed by atoms with Gasteiger partial charge in [-0.3, -0.25) is 4.90 Å². The molecule has 0 unspecified atom stereocenters. The van der Waals surface area contributed by atoms with Gasteiger partial charge in [-0.15, -0.1) is 12.4 Å². The Kier molecular flexibility index (Phi) is 7.87. The largest absolute Gasteiger partial charge is 0.446 e. The van der Waals surface area contributed by atoms with Crippen LogP contribution in [-0.4, -0.2) is 48.3 Å². The van der Waals surface area contributed by atoms with Crippen LogP contribution in [0.4, 0.5) is 13.2 Å². The minimum Gasteiger partial charge on any atom is -0.396 e. The van der Waals surface area contributed by atoms with Gasteiger partial charge in [0.25, 0.3) is 0 Å². The molecule has 1 aromatic rings. The van der Waals surface area contributed by atoms with Crippen molar-refractivity contribution in [3.8, 4) is 0 Å². The summed E-state index contributed by atoms with van der Waals surface area (Å²) in [6.45, 7) is 6.80. The molecule has 1 saturated heterocycles. The first-order chi connectivity index (χ1) is 10.7. The van der Waals surface area contributed by atoms with Gasteiger partial charge < -0.3 is 10.4 Å². The number of benzene rings is 1. The van der Waals surface area contributed by atoms with Gasteiger partial charge in [-0.25, -0.2) is 0 Å². The number of hydrogen-bond donors (Lipinski definition) is 2. The third-order valence-corrected chi connectivity index (χ3v) is 4.93. The lowest BCUT2D eigenvalue weighted by Crippen LogP contribution is -2.49. The first-order valence-electron chi connectivity index (χ1n) is 7.65. The van der Waals surface area contributed by atoms with E-state index in [0.29, 0.717) is 5.56 Å². The van der Waals surface area contributed by atoms with Crippen LogP contribution < -0.4 is 5.32 Å².